The molecule has 1 saturated heterocycles. The van der Waals surface area contributed by atoms with Gasteiger partial charge >= 0.3 is 5.97 Å². The molecule has 1 aliphatic heterocycles. The highest BCUT2D eigenvalue weighted by molar-refractivity contribution is 6.12. The van der Waals surface area contributed by atoms with Crippen LogP contribution in [0, 0.1) is 11.8 Å². The van der Waals surface area contributed by atoms with Gasteiger partial charge in [0.15, 0.2) is 11.5 Å². The Bertz CT molecular complexity index is 804. The second-order valence-electron chi connectivity index (χ2n) is 8.30. The van der Waals surface area contributed by atoms with E-state index in [1.54, 1.807) is 0 Å². The molecule has 0 bridgehead atoms. The number of carbonyl (C=O) groups excluding carboxylic acids is 4. The molecule has 1 aliphatic carbocycles. The first-order valence-corrected chi connectivity index (χ1v) is 10.4. The van der Waals surface area contributed by atoms with Crippen LogP contribution in [0.5, 0.6) is 0 Å². The number of rotatable bonds is 8. The number of aliphatic imine (C=N–C) groups is 1. The topological polar surface area (TPSA) is 215 Å². The fourth-order valence-corrected chi connectivity index (χ4v) is 4.14. The van der Waals surface area contributed by atoms with Gasteiger partial charge in [-0.15, -0.1) is 0 Å². The minimum absolute atomic E-state index is 0.0358. The van der Waals surface area contributed by atoms with Crippen LogP contribution in [0.15, 0.2) is 4.99 Å². The minimum atomic E-state index is -2.03. The van der Waals surface area contributed by atoms with E-state index in [1.807, 2.05) is 0 Å². The fraction of sp³-hybridized carbons (Fsp3) is 0.684. The number of nitrogens with one attached hydrogen (secondary N) is 1. The number of nitrogens with zero attached hydrogens (tertiary/aromatic N) is 3. The maximum absolute atomic E-state index is 12.8. The van der Waals surface area contributed by atoms with Crippen LogP contribution in [0.1, 0.15) is 32.6 Å². The van der Waals surface area contributed by atoms with Crippen molar-refractivity contribution in [1.29, 1.82) is 0 Å². The van der Waals surface area contributed by atoms with Crippen molar-refractivity contribution in [2.75, 3.05) is 32.7 Å². The number of carboxylic acid groups (broad SMARTS) is 1. The molecule has 32 heavy (non-hydrogen) atoms. The molecule has 8 N–H and O–H groups in total. The summed E-state index contributed by atoms with van der Waals surface area (Å²) in [7, 11) is 0. The fourth-order valence-electron chi connectivity index (χ4n) is 4.14. The number of amides is 4. The predicted molar refractivity (Wildman–Crippen MR) is 113 cm³/mol. The lowest BCUT2D eigenvalue weighted by Crippen LogP contribution is -2.72. The van der Waals surface area contributed by atoms with Gasteiger partial charge in [-0.2, -0.15) is 0 Å². The predicted octanol–water partition coefficient (Wildman–Crippen LogP) is -2.82. The molecule has 1 heterocycles. The van der Waals surface area contributed by atoms with Crippen molar-refractivity contribution >= 4 is 35.6 Å². The third kappa shape index (κ3) is 5.65. The Morgan fingerprint density at radius 2 is 1.75 bits per heavy atom. The van der Waals surface area contributed by atoms with Crippen molar-refractivity contribution in [1.82, 2.24) is 15.1 Å². The molecule has 0 spiro atoms. The van der Waals surface area contributed by atoms with Crippen LogP contribution in [0.4, 0.5) is 0 Å². The summed E-state index contributed by atoms with van der Waals surface area (Å²) in [4.78, 5) is 67.0. The second-order valence-corrected chi connectivity index (χ2v) is 8.30. The van der Waals surface area contributed by atoms with E-state index < -0.39 is 42.3 Å². The van der Waals surface area contributed by atoms with Gasteiger partial charge in [-0.05, 0) is 38.5 Å². The largest absolute Gasteiger partial charge is 0.480 e. The van der Waals surface area contributed by atoms with Gasteiger partial charge in [0.1, 0.15) is 6.54 Å². The van der Waals surface area contributed by atoms with E-state index in [0.29, 0.717) is 25.3 Å². The Balaban J connectivity index is 1.93. The number of hydrogen-bond acceptors (Lipinski definition) is 6. The van der Waals surface area contributed by atoms with Crippen molar-refractivity contribution in [3.8, 4) is 0 Å². The van der Waals surface area contributed by atoms with Gasteiger partial charge < -0.3 is 37.4 Å². The highest BCUT2D eigenvalue weighted by atomic mass is 16.4. The number of guanidine groups is 1. The molecular formula is C19H31N7O6. The Morgan fingerprint density at radius 3 is 2.28 bits per heavy atom. The van der Waals surface area contributed by atoms with Gasteiger partial charge in [-0.3, -0.25) is 29.0 Å². The molecule has 0 aromatic carbocycles. The first kappa shape index (κ1) is 24.9. The van der Waals surface area contributed by atoms with E-state index in [4.69, 9.17) is 22.3 Å². The number of aliphatic carboxylic acids is 1. The van der Waals surface area contributed by atoms with Crippen molar-refractivity contribution < 1.29 is 29.1 Å². The number of carboxylic acids is 1. The summed E-state index contributed by atoms with van der Waals surface area (Å²) in [6, 6.07) is 0. The monoisotopic (exact) mass is 453 g/mol. The van der Waals surface area contributed by atoms with Gasteiger partial charge in [-0.1, -0.05) is 0 Å². The quantitative estimate of drug-likeness (QED) is 0.146. The van der Waals surface area contributed by atoms with Crippen molar-refractivity contribution in [2.24, 2.45) is 34.0 Å². The molecule has 0 aromatic heterocycles. The first-order chi connectivity index (χ1) is 15.0. The molecule has 1 atom stereocenters. The van der Waals surface area contributed by atoms with E-state index in [0.717, 1.165) is 22.6 Å². The normalized spacial score (nSPS) is 25.7. The van der Waals surface area contributed by atoms with E-state index in [1.165, 1.54) is 6.92 Å². The highest BCUT2D eigenvalue weighted by Gasteiger charge is 2.52. The molecule has 1 saturated carbocycles. The lowest BCUT2D eigenvalue weighted by Gasteiger charge is -2.45. The lowest BCUT2D eigenvalue weighted by atomic mass is 9.81. The molecule has 1 unspecified atom stereocenters. The summed E-state index contributed by atoms with van der Waals surface area (Å²) in [5, 5.41) is 11.5. The summed E-state index contributed by atoms with van der Waals surface area (Å²) < 4.78 is 0. The number of primary amides is 1. The molecule has 4 amide bonds. The van der Waals surface area contributed by atoms with Crippen LogP contribution in [0.25, 0.3) is 0 Å². The third-order valence-corrected chi connectivity index (χ3v) is 6.11. The molecule has 2 rings (SSSR count). The summed E-state index contributed by atoms with van der Waals surface area (Å²) in [5.41, 5.74) is 14.1. The number of nitrogens with two attached hydrogens (primary N) is 3. The summed E-state index contributed by atoms with van der Waals surface area (Å²) in [5.74, 6) is -4.03. The maximum Gasteiger partial charge on any atom is 0.323 e. The number of hydrogen-bond donors (Lipinski definition) is 5. The molecule has 0 radical (unpaired) electrons. The standard InChI is InChI=1S/C19H31N7O6/c1-19(16(20)31)17(32)25(10-14(28)29)6-7-26(19)13(27)9-23-15(30)12-4-2-11(3-5-12)8-24-18(21)22/h11-12H,2-10H2,1H3,(H2,20,31)(H,23,30)(H,28,29)(H4,21,22,24). The zero-order valence-corrected chi connectivity index (χ0v) is 18.1. The van der Waals surface area contributed by atoms with Crippen molar-refractivity contribution in [2.45, 2.75) is 38.1 Å². The number of carbonyl (C=O) groups is 5. The minimum Gasteiger partial charge on any atom is -0.480 e. The molecule has 2 fully saturated rings. The lowest BCUT2D eigenvalue weighted by molar-refractivity contribution is -0.166. The summed E-state index contributed by atoms with van der Waals surface area (Å²) in [6.07, 6.45) is 2.83. The van der Waals surface area contributed by atoms with Crippen LogP contribution in [0.2, 0.25) is 0 Å². The van der Waals surface area contributed by atoms with E-state index in [-0.39, 0.29) is 30.9 Å². The smallest absolute Gasteiger partial charge is 0.323 e. The average Bonchev–Trinajstić information content (AvgIpc) is 2.73. The first-order valence-electron chi connectivity index (χ1n) is 10.4. The van der Waals surface area contributed by atoms with Crippen LogP contribution in [-0.2, 0) is 24.0 Å². The van der Waals surface area contributed by atoms with Crippen LogP contribution in [0.3, 0.4) is 0 Å². The molecule has 0 aromatic rings. The zero-order chi connectivity index (χ0) is 24.1. The van der Waals surface area contributed by atoms with Gasteiger partial charge in [0, 0.05) is 25.6 Å². The SMILES string of the molecule is CC1(C(N)=O)C(=O)N(CC(=O)O)CCN1C(=O)CNC(=O)C1CCC(CN=C(N)N)CC1. The number of piperazine rings is 1. The van der Waals surface area contributed by atoms with Crippen LogP contribution in [-0.4, -0.2) is 88.7 Å². The van der Waals surface area contributed by atoms with Gasteiger partial charge in [0.2, 0.25) is 11.8 Å². The van der Waals surface area contributed by atoms with E-state index in [2.05, 4.69) is 10.3 Å². The van der Waals surface area contributed by atoms with Gasteiger partial charge in [0.05, 0.1) is 6.54 Å². The second kappa shape index (κ2) is 10.3. The molecule has 178 valence electrons. The molecule has 2 aliphatic rings. The average molecular weight is 454 g/mol. The Morgan fingerprint density at radius 1 is 1.12 bits per heavy atom. The van der Waals surface area contributed by atoms with E-state index in [9.17, 15) is 24.0 Å². The Kier molecular flexibility index (Phi) is 8.00. The van der Waals surface area contributed by atoms with Crippen LogP contribution < -0.4 is 22.5 Å². The van der Waals surface area contributed by atoms with Crippen molar-refractivity contribution in [3.05, 3.63) is 0 Å². The summed E-state index contributed by atoms with van der Waals surface area (Å²) in [6.45, 7) is 0.552. The highest BCUT2D eigenvalue weighted by Crippen LogP contribution is 2.29. The van der Waals surface area contributed by atoms with Gasteiger partial charge in [-0.25, -0.2) is 0 Å². The summed E-state index contributed by atoms with van der Waals surface area (Å²) >= 11 is 0. The van der Waals surface area contributed by atoms with Crippen LogP contribution >= 0.6 is 0 Å². The van der Waals surface area contributed by atoms with Gasteiger partial charge in [0.25, 0.3) is 11.8 Å². The molecule has 13 heteroatoms. The van der Waals surface area contributed by atoms with E-state index >= 15 is 0 Å². The molecule has 13 nitrogen and oxygen atoms in total. The third-order valence-electron chi connectivity index (χ3n) is 6.11. The maximum atomic E-state index is 12.8. The Hall–Kier alpha value is -3.38. The Labute approximate surface area is 185 Å². The molecular weight excluding hydrogens is 422 g/mol. The van der Waals surface area contributed by atoms with Crippen molar-refractivity contribution in [3.63, 3.8) is 0 Å². The zero-order valence-electron chi connectivity index (χ0n) is 18.1.